The summed E-state index contributed by atoms with van der Waals surface area (Å²) in [5, 5.41) is 14.8. The minimum atomic E-state index is 0.440. The van der Waals surface area contributed by atoms with E-state index in [0.29, 0.717) is 12.6 Å². The normalized spacial score (nSPS) is 16.9. The second kappa shape index (κ2) is 10.3. The molecule has 0 amide bonds. The molecule has 1 aromatic heterocycles. The summed E-state index contributed by atoms with van der Waals surface area (Å²) >= 11 is 0. The number of hydrogen-bond donors (Lipinski definition) is 2. The number of ether oxygens (including phenoxy) is 1. The Morgan fingerprint density at radius 2 is 1.96 bits per heavy atom. The summed E-state index contributed by atoms with van der Waals surface area (Å²) in [6.07, 6.45) is 8.18. The fraction of sp³-hybridized carbons (Fsp3) is 0.824. The van der Waals surface area contributed by atoms with Crippen LogP contribution in [-0.2, 0) is 18.3 Å². The van der Waals surface area contributed by atoms with Crippen molar-refractivity contribution in [1.82, 2.24) is 25.4 Å². The minimum Gasteiger partial charge on any atom is -0.376 e. The molecular formula is C17H32N6O. The van der Waals surface area contributed by atoms with Crippen LogP contribution in [0.1, 0.15) is 57.1 Å². The van der Waals surface area contributed by atoms with Crippen LogP contribution in [-0.4, -0.2) is 46.5 Å². The first kappa shape index (κ1) is 18.7. The van der Waals surface area contributed by atoms with Crippen molar-refractivity contribution >= 4 is 5.96 Å². The summed E-state index contributed by atoms with van der Waals surface area (Å²) in [5.74, 6) is 2.55. The summed E-state index contributed by atoms with van der Waals surface area (Å²) in [5.41, 5.74) is 0. The first-order chi connectivity index (χ1) is 11.7. The molecule has 0 bridgehead atoms. The van der Waals surface area contributed by atoms with E-state index in [9.17, 15) is 0 Å². The summed E-state index contributed by atoms with van der Waals surface area (Å²) < 4.78 is 7.97. The quantitative estimate of drug-likeness (QED) is 0.344. The van der Waals surface area contributed by atoms with E-state index in [1.165, 1.54) is 38.5 Å². The van der Waals surface area contributed by atoms with Gasteiger partial charge in [-0.3, -0.25) is 0 Å². The maximum Gasteiger partial charge on any atom is 0.191 e. The standard InChI is InChI=1S/C17H32N6O/c1-4-18-17(20-13-16-22-21-14(2)23(16)3)19-11-12-24-15-9-7-5-6-8-10-15/h15H,4-13H2,1-3H3,(H2,18,19,20). The second-order valence-electron chi connectivity index (χ2n) is 6.33. The lowest BCUT2D eigenvalue weighted by Gasteiger charge is -2.16. The predicted molar refractivity (Wildman–Crippen MR) is 96.0 cm³/mol. The fourth-order valence-electron chi connectivity index (χ4n) is 2.88. The van der Waals surface area contributed by atoms with Crippen LogP contribution in [0.4, 0.5) is 0 Å². The number of guanidine groups is 1. The van der Waals surface area contributed by atoms with E-state index in [-0.39, 0.29) is 0 Å². The van der Waals surface area contributed by atoms with Gasteiger partial charge in [0.15, 0.2) is 11.8 Å². The molecule has 0 aliphatic heterocycles. The number of rotatable bonds is 7. The lowest BCUT2D eigenvalue weighted by Crippen LogP contribution is -2.39. The number of nitrogens with one attached hydrogen (secondary N) is 2. The highest BCUT2D eigenvalue weighted by molar-refractivity contribution is 5.79. The van der Waals surface area contributed by atoms with Gasteiger partial charge in [0, 0.05) is 20.1 Å². The van der Waals surface area contributed by atoms with Crippen molar-refractivity contribution in [3.05, 3.63) is 11.6 Å². The Morgan fingerprint density at radius 3 is 2.58 bits per heavy atom. The lowest BCUT2D eigenvalue weighted by atomic mass is 10.1. The first-order valence-corrected chi connectivity index (χ1v) is 9.19. The van der Waals surface area contributed by atoms with Gasteiger partial charge in [0.1, 0.15) is 12.4 Å². The summed E-state index contributed by atoms with van der Waals surface area (Å²) in [7, 11) is 1.96. The van der Waals surface area contributed by atoms with Crippen molar-refractivity contribution in [3.63, 3.8) is 0 Å². The van der Waals surface area contributed by atoms with Gasteiger partial charge in [-0.25, -0.2) is 4.99 Å². The molecule has 2 rings (SSSR count). The van der Waals surface area contributed by atoms with Gasteiger partial charge in [-0.15, -0.1) is 10.2 Å². The van der Waals surface area contributed by atoms with E-state index >= 15 is 0 Å². The molecule has 1 aliphatic rings. The molecule has 136 valence electrons. The van der Waals surface area contributed by atoms with Gasteiger partial charge in [0.05, 0.1) is 12.7 Å². The summed E-state index contributed by atoms with van der Waals surface area (Å²) in [6, 6.07) is 0. The Bertz CT molecular complexity index is 505. The molecule has 1 heterocycles. The molecule has 24 heavy (non-hydrogen) atoms. The molecule has 1 aliphatic carbocycles. The third kappa shape index (κ3) is 6.11. The molecule has 0 aromatic carbocycles. The van der Waals surface area contributed by atoms with Gasteiger partial charge >= 0.3 is 0 Å². The van der Waals surface area contributed by atoms with Crippen molar-refractivity contribution < 1.29 is 4.74 Å². The molecule has 0 radical (unpaired) electrons. The molecule has 0 atom stereocenters. The molecule has 0 spiro atoms. The third-order valence-corrected chi connectivity index (χ3v) is 4.46. The molecule has 0 unspecified atom stereocenters. The fourth-order valence-corrected chi connectivity index (χ4v) is 2.88. The van der Waals surface area contributed by atoms with E-state index < -0.39 is 0 Å². The van der Waals surface area contributed by atoms with Crippen LogP contribution in [0.5, 0.6) is 0 Å². The molecule has 1 fully saturated rings. The van der Waals surface area contributed by atoms with Gasteiger partial charge in [0.25, 0.3) is 0 Å². The summed E-state index contributed by atoms with van der Waals surface area (Å²) in [4.78, 5) is 4.57. The topological polar surface area (TPSA) is 76.4 Å². The number of aliphatic imine (C=N–C) groups is 1. The predicted octanol–water partition coefficient (Wildman–Crippen LogP) is 1.92. The second-order valence-corrected chi connectivity index (χ2v) is 6.33. The van der Waals surface area contributed by atoms with E-state index in [1.807, 2.05) is 18.5 Å². The number of aromatic nitrogens is 3. The molecule has 1 saturated carbocycles. The number of hydrogen-bond acceptors (Lipinski definition) is 4. The smallest absolute Gasteiger partial charge is 0.191 e. The van der Waals surface area contributed by atoms with Crippen LogP contribution >= 0.6 is 0 Å². The van der Waals surface area contributed by atoms with Crippen LogP contribution < -0.4 is 10.6 Å². The Labute approximate surface area is 145 Å². The van der Waals surface area contributed by atoms with Gasteiger partial charge in [-0.2, -0.15) is 0 Å². The minimum absolute atomic E-state index is 0.440. The molecule has 7 nitrogen and oxygen atoms in total. The van der Waals surface area contributed by atoms with Gasteiger partial charge in [0.2, 0.25) is 0 Å². The highest BCUT2D eigenvalue weighted by atomic mass is 16.5. The molecule has 7 heteroatoms. The SMILES string of the molecule is CCNC(=NCc1nnc(C)n1C)NCCOC1CCCCCC1. The first-order valence-electron chi connectivity index (χ1n) is 9.19. The molecule has 1 aromatic rings. The van der Waals surface area contributed by atoms with E-state index in [0.717, 1.165) is 37.3 Å². The molecular weight excluding hydrogens is 304 g/mol. The Kier molecular flexibility index (Phi) is 8.01. The van der Waals surface area contributed by atoms with E-state index in [1.54, 1.807) is 0 Å². The van der Waals surface area contributed by atoms with Crippen molar-refractivity contribution in [1.29, 1.82) is 0 Å². The average molecular weight is 336 g/mol. The third-order valence-electron chi connectivity index (χ3n) is 4.46. The van der Waals surface area contributed by atoms with Crippen LogP contribution in [0, 0.1) is 6.92 Å². The van der Waals surface area contributed by atoms with Crippen LogP contribution in [0.25, 0.3) is 0 Å². The zero-order valence-electron chi connectivity index (χ0n) is 15.3. The van der Waals surface area contributed by atoms with Gasteiger partial charge in [-0.1, -0.05) is 25.7 Å². The van der Waals surface area contributed by atoms with E-state index in [2.05, 4.69) is 32.7 Å². The van der Waals surface area contributed by atoms with Crippen molar-refractivity contribution in [2.45, 2.75) is 65.0 Å². The highest BCUT2D eigenvalue weighted by Crippen LogP contribution is 2.19. The lowest BCUT2D eigenvalue weighted by molar-refractivity contribution is 0.0468. The maximum absolute atomic E-state index is 6.00. The number of nitrogens with zero attached hydrogens (tertiary/aromatic N) is 4. The monoisotopic (exact) mass is 336 g/mol. The van der Waals surface area contributed by atoms with Crippen LogP contribution in [0.2, 0.25) is 0 Å². The Balaban J connectivity index is 1.73. The van der Waals surface area contributed by atoms with Crippen molar-refractivity contribution in [2.75, 3.05) is 19.7 Å². The highest BCUT2D eigenvalue weighted by Gasteiger charge is 2.12. The van der Waals surface area contributed by atoms with Crippen molar-refractivity contribution in [3.8, 4) is 0 Å². The van der Waals surface area contributed by atoms with Crippen LogP contribution in [0.15, 0.2) is 4.99 Å². The van der Waals surface area contributed by atoms with Gasteiger partial charge < -0.3 is 19.9 Å². The Hall–Kier alpha value is -1.63. The Morgan fingerprint density at radius 1 is 1.21 bits per heavy atom. The zero-order chi connectivity index (χ0) is 17.2. The van der Waals surface area contributed by atoms with Crippen molar-refractivity contribution in [2.24, 2.45) is 12.0 Å². The van der Waals surface area contributed by atoms with E-state index in [4.69, 9.17) is 4.74 Å². The van der Waals surface area contributed by atoms with Crippen LogP contribution in [0.3, 0.4) is 0 Å². The molecule has 2 N–H and O–H groups in total. The number of aryl methyl sites for hydroxylation is 1. The van der Waals surface area contributed by atoms with Gasteiger partial charge in [-0.05, 0) is 26.7 Å². The average Bonchev–Trinajstić information content (AvgIpc) is 2.79. The maximum atomic E-state index is 6.00. The summed E-state index contributed by atoms with van der Waals surface area (Å²) in [6.45, 7) is 6.82. The zero-order valence-corrected chi connectivity index (χ0v) is 15.3. The molecule has 0 saturated heterocycles. The largest absolute Gasteiger partial charge is 0.376 e.